The Balaban J connectivity index is 1.99. The molecule has 1 N–H and O–H groups in total. The molecule has 2 unspecified atom stereocenters. The summed E-state index contributed by atoms with van der Waals surface area (Å²) in [6, 6.07) is 0.713. The molecule has 1 aromatic heterocycles. The summed E-state index contributed by atoms with van der Waals surface area (Å²) in [5.74, 6) is 0.605. The highest BCUT2D eigenvalue weighted by molar-refractivity contribution is 4.98. The van der Waals surface area contributed by atoms with Crippen molar-refractivity contribution in [3.05, 3.63) is 12.4 Å². The van der Waals surface area contributed by atoms with Crippen LogP contribution in [0.2, 0.25) is 0 Å². The number of hydrogen-bond acceptors (Lipinski definition) is 3. The normalized spacial score (nSPS) is 27.6. The molecule has 1 fully saturated rings. The van der Waals surface area contributed by atoms with Gasteiger partial charge >= 0.3 is 0 Å². The Bertz CT molecular complexity index is 297. The van der Waals surface area contributed by atoms with Gasteiger partial charge in [-0.1, -0.05) is 6.92 Å². The van der Waals surface area contributed by atoms with Crippen LogP contribution < -0.4 is 10.1 Å². The monoisotopic (exact) mass is 195 g/mol. The summed E-state index contributed by atoms with van der Waals surface area (Å²) in [6.45, 7) is 4.25. The molecule has 1 aliphatic heterocycles. The smallest absolute Gasteiger partial charge is 0.296 e. The number of piperidine rings is 1. The van der Waals surface area contributed by atoms with Crippen molar-refractivity contribution in [2.24, 2.45) is 13.0 Å². The number of aromatic nitrogens is 2. The Morgan fingerprint density at radius 3 is 3.14 bits per heavy atom. The molecular weight excluding hydrogens is 178 g/mol. The van der Waals surface area contributed by atoms with Crippen LogP contribution in [0.15, 0.2) is 12.4 Å². The molecule has 14 heavy (non-hydrogen) atoms. The molecule has 1 saturated heterocycles. The highest BCUT2D eigenvalue weighted by Crippen LogP contribution is 2.17. The standard InChI is InChI=1S/C10H17N3O/c1-8-3-4-11-7-9(8)14-10-12-5-6-13(10)2/h5-6,8-9,11H,3-4,7H2,1-2H3. The molecule has 0 amide bonds. The molecule has 1 aromatic rings. The second-order valence-electron chi connectivity index (χ2n) is 3.95. The molecule has 0 bridgehead atoms. The summed E-state index contributed by atoms with van der Waals surface area (Å²) in [5.41, 5.74) is 0. The van der Waals surface area contributed by atoms with Gasteiger partial charge < -0.3 is 14.6 Å². The first-order valence-corrected chi connectivity index (χ1v) is 5.12. The molecule has 78 valence electrons. The van der Waals surface area contributed by atoms with Crippen molar-refractivity contribution in [1.29, 1.82) is 0 Å². The topological polar surface area (TPSA) is 39.1 Å². The van der Waals surface area contributed by atoms with Gasteiger partial charge in [-0.05, 0) is 18.9 Å². The zero-order valence-corrected chi connectivity index (χ0v) is 8.73. The third-order valence-corrected chi connectivity index (χ3v) is 2.79. The minimum absolute atomic E-state index is 0.254. The van der Waals surface area contributed by atoms with Crippen molar-refractivity contribution in [3.63, 3.8) is 0 Å². The molecule has 4 nitrogen and oxygen atoms in total. The predicted molar refractivity (Wildman–Crippen MR) is 54.3 cm³/mol. The zero-order valence-electron chi connectivity index (χ0n) is 8.73. The van der Waals surface area contributed by atoms with Crippen molar-refractivity contribution in [3.8, 4) is 6.01 Å². The Morgan fingerprint density at radius 2 is 2.50 bits per heavy atom. The molecule has 4 heteroatoms. The fourth-order valence-electron chi connectivity index (χ4n) is 1.72. The molecular formula is C10H17N3O. The number of nitrogens with one attached hydrogen (secondary N) is 1. The van der Waals surface area contributed by atoms with Crippen molar-refractivity contribution < 1.29 is 4.74 Å². The third kappa shape index (κ3) is 1.90. The Morgan fingerprint density at radius 1 is 1.64 bits per heavy atom. The van der Waals surface area contributed by atoms with E-state index < -0.39 is 0 Å². The molecule has 0 aliphatic carbocycles. The number of aryl methyl sites for hydroxylation is 1. The van der Waals surface area contributed by atoms with E-state index in [9.17, 15) is 0 Å². The van der Waals surface area contributed by atoms with E-state index in [-0.39, 0.29) is 6.10 Å². The maximum absolute atomic E-state index is 5.83. The predicted octanol–water partition coefficient (Wildman–Crippen LogP) is 0.797. The lowest BCUT2D eigenvalue weighted by molar-refractivity contribution is 0.101. The first-order valence-electron chi connectivity index (χ1n) is 5.12. The molecule has 0 spiro atoms. The average Bonchev–Trinajstić information content (AvgIpc) is 2.56. The fraction of sp³-hybridized carbons (Fsp3) is 0.700. The van der Waals surface area contributed by atoms with Gasteiger partial charge in [0.15, 0.2) is 0 Å². The van der Waals surface area contributed by atoms with E-state index in [2.05, 4.69) is 17.2 Å². The second-order valence-corrected chi connectivity index (χ2v) is 3.95. The SMILES string of the molecule is CC1CCNCC1Oc1nccn1C. The first kappa shape index (κ1) is 9.52. The van der Waals surface area contributed by atoms with E-state index in [0.717, 1.165) is 13.1 Å². The minimum atomic E-state index is 0.254. The van der Waals surface area contributed by atoms with Gasteiger partial charge in [-0.25, -0.2) is 4.98 Å². The van der Waals surface area contributed by atoms with Crippen LogP contribution in [0.3, 0.4) is 0 Å². The fourth-order valence-corrected chi connectivity index (χ4v) is 1.72. The number of nitrogens with zero attached hydrogens (tertiary/aromatic N) is 2. The number of ether oxygens (including phenoxy) is 1. The van der Waals surface area contributed by atoms with Crippen LogP contribution in [0, 0.1) is 5.92 Å². The van der Waals surface area contributed by atoms with Crippen LogP contribution in [0.5, 0.6) is 6.01 Å². The van der Waals surface area contributed by atoms with E-state index in [1.165, 1.54) is 6.42 Å². The summed E-state index contributed by atoms with van der Waals surface area (Å²) in [4.78, 5) is 4.16. The van der Waals surface area contributed by atoms with Gasteiger partial charge in [0.05, 0.1) is 0 Å². The third-order valence-electron chi connectivity index (χ3n) is 2.79. The molecule has 1 aliphatic rings. The first-order chi connectivity index (χ1) is 6.77. The molecule has 0 radical (unpaired) electrons. The maximum Gasteiger partial charge on any atom is 0.296 e. The zero-order chi connectivity index (χ0) is 9.97. The van der Waals surface area contributed by atoms with E-state index in [0.29, 0.717) is 11.9 Å². The maximum atomic E-state index is 5.83. The van der Waals surface area contributed by atoms with Gasteiger partial charge in [-0.15, -0.1) is 0 Å². The van der Waals surface area contributed by atoms with E-state index in [4.69, 9.17) is 4.74 Å². The van der Waals surface area contributed by atoms with Crippen LogP contribution >= 0.6 is 0 Å². The molecule has 2 atom stereocenters. The second kappa shape index (κ2) is 4.00. The van der Waals surface area contributed by atoms with Gasteiger partial charge in [0.2, 0.25) is 0 Å². The largest absolute Gasteiger partial charge is 0.460 e. The van der Waals surface area contributed by atoms with Crippen LogP contribution in [0.1, 0.15) is 13.3 Å². The van der Waals surface area contributed by atoms with Crippen molar-refractivity contribution in [2.75, 3.05) is 13.1 Å². The summed E-state index contributed by atoms with van der Waals surface area (Å²) >= 11 is 0. The van der Waals surface area contributed by atoms with Gasteiger partial charge in [-0.3, -0.25) is 0 Å². The number of rotatable bonds is 2. The lowest BCUT2D eigenvalue weighted by atomic mass is 9.97. The van der Waals surface area contributed by atoms with Crippen molar-refractivity contribution >= 4 is 0 Å². The van der Waals surface area contributed by atoms with E-state index in [1.807, 2.05) is 17.8 Å². The van der Waals surface area contributed by atoms with Crippen LogP contribution in [0.25, 0.3) is 0 Å². The molecule has 0 aromatic carbocycles. The highest BCUT2D eigenvalue weighted by atomic mass is 16.5. The van der Waals surface area contributed by atoms with Crippen LogP contribution in [0.4, 0.5) is 0 Å². The quantitative estimate of drug-likeness (QED) is 0.758. The van der Waals surface area contributed by atoms with Gasteiger partial charge in [0.25, 0.3) is 6.01 Å². The van der Waals surface area contributed by atoms with Crippen LogP contribution in [-0.2, 0) is 7.05 Å². The van der Waals surface area contributed by atoms with E-state index >= 15 is 0 Å². The Labute approximate surface area is 84.3 Å². The van der Waals surface area contributed by atoms with Crippen LogP contribution in [-0.4, -0.2) is 28.7 Å². The van der Waals surface area contributed by atoms with E-state index in [1.54, 1.807) is 6.20 Å². The molecule has 0 saturated carbocycles. The number of imidazole rings is 1. The highest BCUT2D eigenvalue weighted by Gasteiger charge is 2.23. The molecule has 2 heterocycles. The molecule has 2 rings (SSSR count). The summed E-state index contributed by atoms with van der Waals surface area (Å²) < 4.78 is 7.73. The summed E-state index contributed by atoms with van der Waals surface area (Å²) in [5, 5.41) is 3.34. The van der Waals surface area contributed by atoms with Gasteiger partial charge in [0.1, 0.15) is 6.10 Å². The summed E-state index contributed by atoms with van der Waals surface area (Å²) in [7, 11) is 1.95. The van der Waals surface area contributed by atoms with Crippen molar-refractivity contribution in [2.45, 2.75) is 19.4 Å². The van der Waals surface area contributed by atoms with Gasteiger partial charge in [-0.2, -0.15) is 0 Å². The number of hydrogen-bond donors (Lipinski definition) is 1. The lowest BCUT2D eigenvalue weighted by Gasteiger charge is -2.29. The van der Waals surface area contributed by atoms with Crippen molar-refractivity contribution in [1.82, 2.24) is 14.9 Å². The Kier molecular flexibility index (Phi) is 2.72. The average molecular weight is 195 g/mol. The minimum Gasteiger partial charge on any atom is -0.460 e. The lowest BCUT2D eigenvalue weighted by Crippen LogP contribution is -2.43. The van der Waals surface area contributed by atoms with Gasteiger partial charge in [0, 0.05) is 26.0 Å². The Hall–Kier alpha value is -1.03. The summed E-state index contributed by atoms with van der Waals surface area (Å²) in [6.07, 6.45) is 5.09.